The molecule has 1 aliphatic heterocycles. The van der Waals surface area contributed by atoms with Crippen molar-refractivity contribution in [2.45, 2.75) is 87.6 Å². The molecular formula is C47H59N. The smallest absolute Gasteiger partial charge is 0.121 e. The summed E-state index contributed by atoms with van der Waals surface area (Å²) in [5.41, 5.74) is 12.1. The number of fused-ring (bicyclic) bond motifs is 9. The van der Waals surface area contributed by atoms with Crippen LogP contribution >= 0.6 is 0 Å². The highest BCUT2D eigenvalue weighted by molar-refractivity contribution is 5.79. The molecule has 0 saturated heterocycles. The minimum absolute atomic E-state index is 0.269. The maximum Gasteiger partial charge on any atom is 0.121 e. The van der Waals surface area contributed by atoms with Crippen molar-refractivity contribution in [2.75, 3.05) is 0 Å². The molecule has 1 nitrogen and oxygen atoms in total. The summed E-state index contributed by atoms with van der Waals surface area (Å²) < 4.78 is 2.49. The molecule has 1 heteroatoms. The third-order valence-electron chi connectivity index (χ3n) is 8.22. The van der Waals surface area contributed by atoms with Gasteiger partial charge in [-0.3, -0.25) is 0 Å². The number of aryl methyl sites for hydroxylation is 2. The van der Waals surface area contributed by atoms with Crippen LogP contribution in [-0.4, -0.2) is 4.57 Å². The Morgan fingerprint density at radius 3 is 1.21 bits per heavy atom. The van der Waals surface area contributed by atoms with Gasteiger partial charge >= 0.3 is 0 Å². The minimum atomic E-state index is -0.269. The van der Waals surface area contributed by atoms with Crippen LogP contribution in [0.2, 0.25) is 0 Å². The van der Waals surface area contributed by atoms with Crippen LogP contribution < -0.4 is 0 Å². The Bertz CT molecular complexity index is 1640. The van der Waals surface area contributed by atoms with Crippen molar-refractivity contribution in [3.63, 3.8) is 0 Å². The van der Waals surface area contributed by atoms with Crippen LogP contribution in [0, 0.1) is 13.8 Å². The zero-order chi connectivity index (χ0) is 35.5. The molecular weight excluding hydrogens is 579 g/mol. The molecule has 6 aromatic rings. The van der Waals surface area contributed by atoms with E-state index in [1.54, 1.807) is 0 Å². The molecule has 0 saturated carbocycles. The molecule has 2 heterocycles. The van der Waals surface area contributed by atoms with Crippen LogP contribution in [0.4, 0.5) is 0 Å². The summed E-state index contributed by atoms with van der Waals surface area (Å²) in [5, 5.41) is 0. The third kappa shape index (κ3) is 8.26. The van der Waals surface area contributed by atoms with E-state index in [1.807, 2.05) is 91.8 Å². The zero-order valence-corrected chi connectivity index (χ0v) is 31.5. The quantitative estimate of drug-likeness (QED) is 0.156. The molecule has 1 aromatic heterocycles. The van der Waals surface area contributed by atoms with Crippen LogP contribution in [-0.2, 0) is 5.54 Å². The topological polar surface area (TPSA) is 4.93 Å². The van der Waals surface area contributed by atoms with Crippen molar-refractivity contribution in [1.82, 2.24) is 4.57 Å². The maximum absolute atomic E-state index is 2.49. The van der Waals surface area contributed by atoms with E-state index in [0.29, 0.717) is 5.92 Å². The lowest BCUT2D eigenvalue weighted by Crippen LogP contribution is -2.39. The lowest BCUT2D eigenvalue weighted by molar-refractivity contribution is 0.515. The largest absolute Gasteiger partial charge is 0.329 e. The Balaban J connectivity index is 0.000000300. The number of rotatable bonds is 0. The lowest BCUT2D eigenvalue weighted by Gasteiger charge is -2.43. The normalized spacial score (nSPS) is 14.9. The molecule has 0 amide bonds. The molecule has 48 heavy (non-hydrogen) atoms. The van der Waals surface area contributed by atoms with Gasteiger partial charge in [0.05, 0.1) is 0 Å². The second-order valence-corrected chi connectivity index (χ2v) is 10.7. The molecule has 0 unspecified atom stereocenters. The Kier molecular flexibility index (Phi) is 17.0. The van der Waals surface area contributed by atoms with Crippen LogP contribution in [0.5, 0.6) is 0 Å². The molecule has 8 rings (SSSR count). The van der Waals surface area contributed by atoms with Gasteiger partial charge in [-0.05, 0) is 53.8 Å². The first-order chi connectivity index (χ1) is 23.6. The summed E-state index contributed by atoms with van der Waals surface area (Å²) in [4.78, 5) is 0. The minimum Gasteiger partial charge on any atom is -0.329 e. The fourth-order valence-electron chi connectivity index (χ4n) is 6.38. The predicted octanol–water partition coefficient (Wildman–Crippen LogP) is 13.9. The number of aromatic nitrogens is 1. The van der Waals surface area contributed by atoms with Gasteiger partial charge in [0.1, 0.15) is 5.54 Å². The number of hydrogen-bond donors (Lipinski definition) is 0. The van der Waals surface area contributed by atoms with Crippen molar-refractivity contribution in [3.8, 4) is 11.3 Å². The maximum atomic E-state index is 2.49. The molecule has 0 atom stereocenters. The van der Waals surface area contributed by atoms with E-state index in [1.165, 1.54) is 50.2 Å². The summed E-state index contributed by atoms with van der Waals surface area (Å²) >= 11 is 0. The number of hydrogen-bond acceptors (Lipinski definition) is 0. The molecule has 5 aromatic carbocycles. The van der Waals surface area contributed by atoms with Gasteiger partial charge < -0.3 is 4.57 Å². The van der Waals surface area contributed by atoms with Gasteiger partial charge in [0.2, 0.25) is 0 Å². The second-order valence-electron chi connectivity index (χ2n) is 10.7. The van der Waals surface area contributed by atoms with Crippen LogP contribution in [0.15, 0.2) is 152 Å². The molecule has 0 bridgehead atoms. The number of nitrogens with zero attached hydrogens (tertiary/aromatic N) is 1. The average Bonchev–Trinajstić information content (AvgIpc) is 3.77. The van der Waals surface area contributed by atoms with Crippen molar-refractivity contribution in [1.29, 1.82) is 0 Å². The van der Waals surface area contributed by atoms with E-state index in [-0.39, 0.29) is 5.54 Å². The molecule has 0 fully saturated rings. The number of benzene rings is 5. The highest BCUT2D eigenvalue weighted by Gasteiger charge is 2.50. The van der Waals surface area contributed by atoms with E-state index < -0.39 is 0 Å². The first kappa shape index (κ1) is 39.6. The molecule has 2 aliphatic rings. The van der Waals surface area contributed by atoms with Crippen molar-refractivity contribution in [2.24, 2.45) is 0 Å². The highest BCUT2D eigenvalue weighted by atomic mass is 15.1. The Morgan fingerprint density at radius 2 is 0.792 bits per heavy atom. The summed E-state index contributed by atoms with van der Waals surface area (Å²) in [5.74, 6) is 0.403. The Hall–Kier alpha value is -4.62. The van der Waals surface area contributed by atoms with Crippen molar-refractivity contribution in [3.05, 3.63) is 191 Å². The van der Waals surface area contributed by atoms with Crippen LogP contribution in [0.25, 0.3) is 11.3 Å². The fourth-order valence-corrected chi connectivity index (χ4v) is 6.38. The first-order valence-corrected chi connectivity index (χ1v) is 18.1. The lowest BCUT2D eigenvalue weighted by atomic mass is 9.66. The van der Waals surface area contributed by atoms with Gasteiger partial charge in [-0.15, -0.1) is 0 Å². The molecule has 1 spiro atoms. The van der Waals surface area contributed by atoms with E-state index in [2.05, 4.69) is 141 Å². The Labute approximate surface area is 293 Å². The predicted molar refractivity (Wildman–Crippen MR) is 213 cm³/mol. The summed E-state index contributed by atoms with van der Waals surface area (Å²) in [6, 6.07) is 51.8. The van der Waals surface area contributed by atoms with Crippen molar-refractivity contribution < 1.29 is 0 Å². The Morgan fingerprint density at radius 1 is 0.417 bits per heavy atom. The van der Waals surface area contributed by atoms with Crippen LogP contribution in [0.3, 0.4) is 0 Å². The van der Waals surface area contributed by atoms with Crippen molar-refractivity contribution >= 4 is 0 Å². The van der Waals surface area contributed by atoms with Gasteiger partial charge in [-0.25, -0.2) is 0 Å². The monoisotopic (exact) mass is 637 g/mol. The van der Waals surface area contributed by atoms with E-state index >= 15 is 0 Å². The molecule has 0 radical (unpaired) electrons. The molecule has 1 aliphatic carbocycles. The summed E-state index contributed by atoms with van der Waals surface area (Å²) in [6.45, 7) is 22.5. The molecule has 252 valence electrons. The van der Waals surface area contributed by atoms with E-state index in [0.717, 1.165) is 0 Å². The van der Waals surface area contributed by atoms with Gasteiger partial charge in [0.25, 0.3) is 0 Å². The van der Waals surface area contributed by atoms with Crippen LogP contribution in [0.1, 0.15) is 107 Å². The fraction of sp³-hybridized carbons (Fsp3) is 0.277. The summed E-state index contributed by atoms with van der Waals surface area (Å²) in [6.07, 6.45) is 2.25. The third-order valence-corrected chi connectivity index (χ3v) is 8.22. The zero-order valence-electron chi connectivity index (χ0n) is 31.5. The summed E-state index contributed by atoms with van der Waals surface area (Å²) in [7, 11) is 0. The van der Waals surface area contributed by atoms with Gasteiger partial charge in [0, 0.05) is 23.4 Å². The van der Waals surface area contributed by atoms with Gasteiger partial charge in [-0.1, -0.05) is 207 Å². The SMILES string of the molecule is CC.CC.CC.CC.CC1c2ccccc2C2(c3ccccc3-c3cccn32)c2ccccc21.Cc1ccccc1.Cc1ccccc1. The highest BCUT2D eigenvalue weighted by Crippen LogP contribution is 2.57. The molecule has 0 N–H and O–H groups in total. The second kappa shape index (κ2) is 20.6. The van der Waals surface area contributed by atoms with E-state index in [9.17, 15) is 0 Å². The average molecular weight is 638 g/mol. The van der Waals surface area contributed by atoms with E-state index in [4.69, 9.17) is 0 Å². The standard InChI is InChI=1S/C25H19N.2C7H8.4C2H6/c1-17-18-9-2-5-12-21(18)25(22-13-6-3-10-19(17)22)23-14-7-4-11-20(23)24-15-8-16-26(24)25;2*1-7-5-3-2-4-6-7;4*1-2/h2-17H,1H3;2*2-6H,1H3;4*1-2H3. The van der Waals surface area contributed by atoms with Gasteiger partial charge in [0.15, 0.2) is 0 Å². The first-order valence-electron chi connectivity index (χ1n) is 18.1. The van der Waals surface area contributed by atoms with Gasteiger partial charge in [-0.2, -0.15) is 0 Å².